The van der Waals surface area contributed by atoms with E-state index in [0.29, 0.717) is 5.69 Å². The molecule has 0 saturated carbocycles. The number of hydrogen-bond acceptors (Lipinski definition) is 3. The molecule has 4 nitrogen and oxygen atoms in total. The third-order valence-corrected chi connectivity index (χ3v) is 3.93. The van der Waals surface area contributed by atoms with E-state index in [-0.39, 0.29) is 12.4 Å². The second-order valence-corrected chi connectivity index (χ2v) is 5.15. The number of nitrogen functional groups attached to an aromatic ring is 1. The van der Waals surface area contributed by atoms with Crippen LogP contribution in [0.1, 0.15) is 25.2 Å². The van der Waals surface area contributed by atoms with Crippen LogP contribution in [-0.4, -0.2) is 9.78 Å². The zero-order chi connectivity index (χ0) is 14.7. The first kappa shape index (κ1) is 14.8. The second-order valence-electron chi connectivity index (χ2n) is 4.36. The van der Waals surface area contributed by atoms with Gasteiger partial charge in [0.1, 0.15) is 6.61 Å². The summed E-state index contributed by atoms with van der Waals surface area (Å²) in [7, 11) is 0. The lowest BCUT2D eigenvalue weighted by Crippen LogP contribution is -2.07. The number of nitrogens with two attached hydrogens (primary N) is 1. The maximum atomic E-state index is 13.7. The van der Waals surface area contributed by atoms with Crippen molar-refractivity contribution < 1.29 is 9.13 Å². The predicted octanol–water partition coefficient (Wildman–Crippen LogP) is 3.53. The molecule has 2 N–H and O–H groups in total. The molecule has 0 radical (unpaired) electrons. The Kier molecular flexibility index (Phi) is 4.65. The zero-order valence-electron chi connectivity index (χ0n) is 11.5. The van der Waals surface area contributed by atoms with Crippen LogP contribution in [0.15, 0.2) is 22.7 Å². The van der Waals surface area contributed by atoms with Gasteiger partial charge in [0.05, 0.1) is 15.9 Å². The quantitative estimate of drug-likeness (QED) is 0.846. The molecule has 0 atom stereocenters. The van der Waals surface area contributed by atoms with Crippen LogP contribution in [0, 0.1) is 5.82 Å². The van der Waals surface area contributed by atoms with Gasteiger partial charge in [-0.2, -0.15) is 5.10 Å². The van der Waals surface area contributed by atoms with E-state index in [0.717, 1.165) is 28.8 Å². The van der Waals surface area contributed by atoms with Crippen molar-refractivity contribution in [1.82, 2.24) is 9.78 Å². The average Bonchev–Trinajstić information content (AvgIpc) is 2.74. The summed E-state index contributed by atoms with van der Waals surface area (Å²) in [5.41, 5.74) is 7.76. The lowest BCUT2D eigenvalue weighted by atomic mass is 10.3. The molecular weight excluding hydrogens is 325 g/mol. The molecule has 2 rings (SSSR count). The molecule has 0 spiro atoms. The molecule has 6 heteroatoms. The molecule has 0 saturated heterocycles. The summed E-state index contributed by atoms with van der Waals surface area (Å²) in [6.07, 6.45) is 0.830. The summed E-state index contributed by atoms with van der Waals surface area (Å²) in [5, 5.41) is 4.47. The SMILES string of the molecule is CCc1nn(CC)c(COc2ccc(N)cc2F)c1Br. The van der Waals surface area contributed by atoms with Crippen LogP contribution < -0.4 is 10.5 Å². The van der Waals surface area contributed by atoms with Gasteiger partial charge in [0.25, 0.3) is 0 Å². The number of aryl methyl sites for hydroxylation is 2. The minimum Gasteiger partial charge on any atom is -0.484 e. The average molecular weight is 342 g/mol. The van der Waals surface area contributed by atoms with Crippen LogP contribution in [0.4, 0.5) is 10.1 Å². The Morgan fingerprint density at radius 3 is 2.75 bits per heavy atom. The van der Waals surface area contributed by atoms with Crippen LogP contribution in [0.5, 0.6) is 5.75 Å². The molecule has 0 fully saturated rings. The minimum absolute atomic E-state index is 0.188. The molecule has 0 unspecified atom stereocenters. The number of halogens is 2. The summed E-state index contributed by atoms with van der Waals surface area (Å²) in [6, 6.07) is 4.40. The van der Waals surface area contributed by atoms with E-state index in [2.05, 4.69) is 21.0 Å². The first-order valence-electron chi connectivity index (χ1n) is 6.48. The van der Waals surface area contributed by atoms with Gasteiger partial charge in [-0.1, -0.05) is 6.92 Å². The van der Waals surface area contributed by atoms with E-state index in [1.54, 1.807) is 6.07 Å². The Labute approximate surface area is 125 Å². The van der Waals surface area contributed by atoms with Gasteiger partial charge in [0, 0.05) is 18.3 Å². The van der Waals surface area contributed by atoms with E-state index in [9.17, 15) is 4.39 Å². The number of ether oxygens (including phenoxy) is 1. The smallest absolute Gasteiger partial charge is 0.167 e. The van der Waals surface area contributed by atoms with Gasteiger partial charge < -0.3 is 10.5 Å². The Morgan fingerprint density at radius 1 is 1.40 bits per heavy atom. The Hall–Kier alpha value is -1.56. The van der Waals surface area contributed by atoms with Gasteiger partial charge in [-0.3, -0.25) is 4.68 Å². The summed E-state index contributed by atoms with van der Waals surface area (Å²) in [5.74, 6) is -0.271. The monoisotopic (exact) mass is 341 g/mol. The molecule has 0 amide bonds. The standard InChI is InChI=1S/C14H17BrFN3O/c1-3-11-14(15)12(19(4-2)18-11)8-20-13-6-5-9(17)7-10(13)16/h5-7H,3-4,8,17H2,1-2H3. The molecule has 0 aliphatic rings. The van der Waals surface area contributed by atoms with Crippen LogP contribution >= 0.6 is 15.9 Å². The third-order valence-electron chi connectivity index (χ3n) is 3.01. The van der Waals surface area contributed by atoms with Crippen molar-refractivity contribution in [3.63, 3.8) is 0 Å². The van der Waals surface area contributed by atoms with E-state index in [4.69, 9.17) is 10.5 Å². The molecule has 20 heavy (non-hydrogen) atoms. The lowest BCUT2D eigenvalue weighted by Gasteiger charge is -2.09. The van der Waals surface area contributed by atoms with E-state index < -0.39 is 5.82 Å². The number of anilines is 1. The highest BCUT2D eigenvalue weighted by atomic mass is 79.9. The number of hydrogen-bond donors (Lipinski definition) is 1. The Morgan fingerprint density at radius 2 is 2.15 bits per heavy atom. The lowest BCUT2D eigenvalue weighted by molar-refractivity contribution is 0.277. The molecule has 0 aliphatic carbocycles. The van der Waals surface area contributed by atoms with Gasteiger partial charge in [-0.25, -0.2) is 4.39 Å². The summed E-state index contributed by atoms with van der Waals surface area (Å²) in [4.78, 5) is 0. The van der Waals surface area contributed by atoms with Crippen LogP contribution in [0.3, 0.4) is 0 Å². The molecule has 2 aromatic rings. The number of rotatable bonds is 5. The molecule has 0 bridgehead atoms. The van der Waals surface area contributed by atoms with Crippen LogP contribution in [0.25, 0.3) is 0 Å². The van der Waals surface area contributed by atoms with E-state index >= 15 is 0 Å². The van der Waals surface area contributed by atoms with Crippen molar-refractivity contribution >= 4 is 21.6 Å². The largest absolute Gasteiger partial charge is 0.484 e. The minimum atomic E-state index is -0.459. The Bertz CT molecular complexity index is 613. The third kappa shape index (κ3) is 2.95. The highest BCUT2D eigenvalue weighted by molar-refractivity contribution is 9.10. The molecular formula is C14H17BrFN3O. The van der Waals surface area contributed by atoms with Crippen molar-refractivity contribution in [2.45, 2.75) is 33.4 Å². The maximum Gasteiger partial charge on any atom is 0.167 e. The van der Waals surface area contributed by atoms with Crippen LogP contribution in [-0.2, 0) is 19.6 Å². The fourth-order valence-corrected chi connectivity index (χ4v) is 2.61. The van der Waals surface area contributed by atoms with Gasteiger partial charge in [0.2, 0.25) is 0 Å². The van der Waals surface area contributed by atoms with Crippen molar-refractivity contribution in [3.05, 3.63) is 39.9 Å². The molecule has 0 aliphatic heterocycles. The normalized spacial score (nSPS) is 10.8. The first-order chi connectivity index (χ1) is 9.56. The molecule has 1 aromatic heterocycles. The van der Waals surface area contributed by atoms with Crippen molar-refractivity contribution in [2.24, 2.45) is 0 Å². The van der Waals surface area contributed by atoms with Gasteiger partial charge >= 0.3 is 0 Å². The van der Waals surface area contributed by atoms with Crippen molar-refractivity contribution in [2.75, 3.05) is 5.73 Å². The topological polar surface area (TPSA) is 53.1 Å². The maximum absolute atomic E-state index is 13.7. The van der Waals surface area contributed by atoms with Crippen LogP contribution in [0.2, 0.25) is 0 Å². The van der Waals surface area contributed by atoms with E-state index in [1.807, 2.05) is 18.5 Å². The van der Waals surface area contributed by atoms with Gasteiger partial charge in [-0.05, 0) is 41.4 Å². The van der Waals surface area contributed by atoms with Crippen molar-refractivity contribution in [1.29, 1.82) is 0 Å². The highest BCUT2D eigenvalue weighted by Crippen LogP contribution is 2.25. The first-order valence-corrected chi connectivity index (χ1v) is 7.28. The van der Waals surface area contributed by atoms with Gasteiger partial charge in [-0.15, -0.1) is 0 Å². The number of benzene rings is 1. The highest BCUT2D eigenvalue weighted by Gasteiger charge is 2.15. The fraction of sp³-hybridized carbons (Fsp3) is 0.357. The fourth-order valence-electron chi connectivity index (χ4n) is 1.94. The zero-order valence-corrected chi connectivity index (χ0v) is 13.1. The van der Waals surface area contributed by atoms with E-state index in [1.165, 1.54) is 12.1 Å². The molecule has 1 heterocycles. The molecule has 1 aromatic carbocycles. The summed E-state index contributed by atoms with van der Waals surface area (Å²) < 4.78 is 22.0. The molecule has 108 valence electrons. The second kappa shape index (κ2) is 6.26. The summed E-state index contributed by atoms with van der Waals surface area (Å²) >= 11 is 3.53. The number of nitrogens with zero attached hydrogens (tertiary/aromatic N) is 2. The number of aromatic nitrogens is 2. The predicted molar refractivity (Wildman–Crippen MR) is 80.1 cm³/mol. The van der Waals surface area contributed by atoms with Crippen molar-refractivity contribution in [3.8, 4) is 5.75 Å². The Balaban J connectivity index is 2.20. The van der Waals surface area contributed by atoms with Gasteiger partial charge in [0.15, 0.2) is 11.6 Å². The summed E-state index contributed by atoms with van der Waals surface area (Å²) in [6.45, 7) is 5.04.